The number of nitrogens with zero attached hydrogens (tertiary/aromatic N) is 1. The Morgan fingerprint density at radius 3 is 2.71 bits per heavy atom. The maximum absolute atomic E-state index is 8.36. The lowest BCUT2D eigenvalue weighted by Gasteiger charge is -1.77. The Labute approximate surface area is 42.7 Å². The van der Waals surface area contributed by atoms with E-state index in [-0.39, 0.29) is 5.76 Å². The molecule has 0 radical (unpaired) electrons. The molecular formula is C5H7NO. The Hall–Kier alpha value is -0.970. The van der Waals surface area contributed by atoms with Gasteiger partial charge in [-0.1, -0.05) is 6.92 Å². The van der Waals surface area contributed by atoms with Crippen molar-refractivity contribution in [3.05, 3.63) is 11.8 Å². The standard InChI is InChI=1S/C5H7NO/c1-2-3-5(7)4-6/h3,7H,2H2,1H3. The SMILES string of the molecule is CCC=C(O)C#N. The topological polar surface area (TPSA) is 44.0 Å². The maximum Gasteiger partial charge on any atom is 0.190 e. The molecule has 0 saturated carbocycles. The highest BCUT2D eigenvalue weighted by atomic mass is 16.3. The fourth-order valence-electron chi connectivity index (χ4n) is 0.239. The van der Waals surface area contributed by atoms with Crippen molar-refractivity contribution in [3.8, 4) is 6.07 Å². The lowest BCUT2D eigenvalue weighted by atomic mass is 10.4. The van der Waals surface area contributed by atoms with Crippen LogP contribution >= 0.6 is 0 Å². The number of rotatable bonds is 1. The minimum absolute atomic E-state index is 0.192. The van der Waals surface area contributed by atoms with Crippen LogP contribution in [0, 0.1) is 11.3 Å². The first-order valence-electron chi connectivity index (χ1n) is 2.10. The summed E-state index contributed by atoms with van der Waals surface area (Å²) in [5.74, 6) is -0.192. The quantitative estimate of drug-likeness (QED) is 0.305. The Morgan fingerprint density at radius 1 is 2.00 bits per heavy atom. The van der Waals surface area contributed by atoms with Crippen molar-refractivity contribution in [1.29, 1.82) is 5.26 Å². The number of aliphatic hydroxyl groups is 1. The van der Waals surface area contributed by atoms with E-state index in [0.29, 0.717) is 6.42 Å². The van der Waals surface area contributed by atoms with Gasteiger partial charge in [-0.25, -0.2) is 0 Å². The molecule has 0 rings (SSSR count). The lowest BCUT2D eigenvalue weighted by Crippen LogP contribution is -1.69. The van der Waals surface area contributed by atoms with Crippen molar-refractivity contribution in [1.82, 2.24) is 0 Å². The van der Waals surface area contributed by atoms with Crippen molar-refractivity contribution in [2.75, 3.05) is 0 Å². The summed E-state index contributed by atoms with van der Waals surface area (Å²) in [6.07, 6.45) is 2.17. The highest BCUT2D eigenvalue weighted by Gasteiger charge is 1.79. The fraction of sp³-hybridized carbons (Fsp3) is 0.400. The van der Waals surface area contributed by atoms with Gasteiger partial charge in [-0.3, -0.25) is 0 Å². The lowest BCUT2D eigenvalue weighted by molar-refractivity contribution is 0.434. The molecule has 0 aromatic carbocycles. The largest absolute Gasteiger partial charge is 0.500 e. The van der Waals surface area contributed by atoms with Crippen LogP contribution in [0.15, 0.2) is 11.8 Å². The number of allylic oxidation sites excluding steroid dienone is 2. The molecule has 0 aromatic heterocycles. The molecule has 1 N–H and O–H groups in total. The Morgan fingerprint density at radius 2 is 2.57 bits per heavy atom. The molecule has 0 spiro atoms. The van der Waals surface area contributed by atoms with Crippen molar-refractivity contribution in [2.24, 2.45) is 0 Å². The third kappa shape index (κ3) is 2.84. The summed E-state index contributed by atoms with van der Waals surface area (Å²) in [5.41, 5.74) is 0. The second-order valence-electron chi connectivity index (χ2n) is 1.11. The van der Waals surface area contributed by atoms with E-state index in [9.17, 15) is 0 Å². The zero-order valence-electron chi connectivity index (χ0n) is 4.18. The summed E-state index contributed by atoms with van der Waals surface area (Å²) < 4.78 is 0. The molecule has 0 atom stereocenters. The van der Waals surface area contributed by atoms with Gasteiger partial charge in [0, 0.05) is 0 Å². The zero-order valence-corrected chi connectivity index (χ0v) is 4.18. The number of hydrogen-bond acceptors (Lipinski definition) is 2. The molecule has 0 amide bonds. The van der Waals surface area contributed by atoms with E-state index in [2.05, 4.69) is 0 Å². The van der Waals surface area contributed by atoms with Crippen LogP contribution in [0.1, 0.15) is 13.3 Å². The van der Waals surface area contributed by atoms with Gasteiger partial charge in [0.15, 0.2) is 5.76 Å². The van der Waals surface area contributed by atoms with Gasteiger partial charge in [-0.05, 0) is 12.5 Å². The highest BCUT2D eigenvalue weighted by molar-refractivity contribution is 5.10. The minimum Gasteiger partial charge on any atom is -0.500 e. The molecule has 2 heteroatoms. The van der Waals surface area contributed by atoms with Gasteiger partial charge in [0.2, 0.25) is 0 Å². The van der Waals surface area contributed by atoms with Crippen LogP contribution in [0.3, 0.4) is 0 Å². The molecule has 0 saturated heterocycles. The van der Waals surface area contributed by atoms with Crippen LogP contribution in [-0.4, -0.2) is 5.11 Å². The van der Waals surface area contributed by atoms with Crippen LogP contribution in [0.5, 0.6) is 0 Å². The monoisotopic (exact) mass is 97.1 g/mol. The number of nitriles is 1. The number of aliphatic hydroxyl groups excluding tert-OH is 1. The summed E-state index contributed by atoms with van der Waals surface area (Å²) in [6.45, 7) is 1.85. The van der Waals surface area contributed by atoms with Gasteiger partial charge in [0.25, 0.3) is 0 Å². The minimum atomic E-state index is -0.192. The van der Waals surface area contributed by atoms with Crippen molar-refractivity contribution >= 4 is 0 Å². The molecule has 0 aliphatic carbocycles. The van der Waals surface area contributed by atoms with Crippen LogP contribution in [-0.2, 0) is 0 Å². The zero-order chi connectivity index (χ0) is 5.70. The Bertz CT molecular complexity index is 110. The predicted octanol–water partition coefficient (Wildman–Crippen LogP) is 1.36. The molecule has 0 fully saturated rings. The molecule has 7 heavy (non-hydrogen) atoms. The molecule has 0 aliphatic heterocycles. The molecule has 0 heterocycles. The summed E-state index contributed by atoms with van der Waals surface area (Å²) >= 11 is 0. The first kappa shape index (κ1) is 6.03. The van der Waals surface area contributed by atoms with E-state index in [0.717, 1.165) is 0 Å². The summed E-state index contributed by atoms with van der Waals surface area (Å²) in [7, 11) is 0. The third-order valence-electron chi connectivity index (χ3n) is 0.512. The van der Waals surface area contributed by atoms with Gasteiger partial charge in [-0.2, -0.15) is 5.26 Å². The normalized spacial score (nSPS) is 10.6. The summed E-state index contributed by atoms with van der Waals surface area (Å²) in [5, 5.41) is 16.3. The van der Waals surface area contributed by atoms with E-state index >= 15 is 0 Å². The fourth-order valence-corrected chi connectivity index (χ4v) is 0.239. The van der Waals surface area contributed by atoms with Crippen LogP contribution in [0.2, 0.25) is 0 Å². The summed E-state index contributed by atoms with van der Waals surface area (Å²) in [4.78, 5) is 0. The highest BCUT2D eigenvalue weighted by Crippen LogP contribution is 1.85. The van der Waals surface area contributed by atoms with Crippen LogP contribution in [0.4, 0.5) is 0 Å². The van der Waals surface area contributed by atoms with Crippen molar-refractivity contribution < 1.29 is 5.11 Å². The van der Waals surface area contributed by atoms with Crippen molar-refractivity contribution in [3.63, 3.8) is 0 Å². The average molecular weight is 97.1 g/mol. The molecule has 0 unspecified atom stereocenters. The van der Waals surface area contributed by atoms with E-state index in [1.165, 1.54) is 6.08 Å². The molecule has 0 bridgehead atoms. The van der Waals surface area contributed by atoms with Crippen LogP contribution in [0.25, 0.3) is 0 Å². The van der Waals surface area contributed by atoms with Gasteiger partial charge in [-0.15, -0.1) is 0 Å². The summed E-state index contributed by atoms with van der Waals surface area (Å²) in [6, 6.07) is 1.58. The van der Waals surface area contributed by atoms with Gasteiger partial charge >= 0.3 is 0 Å². The Balaban J connectivity index is 3.57. The predicted molar refractivity (Wildman–Crippen MR) is 26.6 cm³/mol. The first-order valence-corrected chi connectivity index (χ1v) is 2.10. The van der Waals surface area contributed by atoms with Gasteiger partial charge in [0.1, 0.15) is 6.07 Å². The van der Waals surface area contributed by atoms with Crippen molar-refractivity contribution in [2.45, 2.75) is 13.3 Å². The maximum atomic E-state index is 8.36. The second kappa shape index (κ2) is 3.23. The molecule has 38 valence electrons. The van der Waals surface area contributed by atoms with E-state index in [4.69, 9.17) is 10.4 Å². The molecule has 0 aromatic rings. The van der Waals surface area contributed by atoms with Crippen LogP contribution < -0.4 is 0 Å². The van der Waals surface area contributed by atoms with E-state index in [1.54, 1.807) is 6.07 Å². The van der Waals surface area contributed by atoms with Gasteiger partial charge < -0.3 is 5.11 Å². The smallest absolute Gasteiger partial charge is 0.190 e. The second-order valence-corrected chi connectivity index (χ2v) is 1.11. The first-order chi connectivity index (χ1) is 3.31. The molecule has 2 nitrogen and oxygen atoms in total. The molecule has 0 aliphatic rings. The Kier molecular flexibility index (Phi) is 2.78. The van der Waals surface area contributed by atoms with Gasteiger partial charge in [0.05, 0.1) is 0 Å². The third-order valence-corrected chi connectivity index (χ3v) is 0.512. The molecular weight excluding hydrogens is 90.1 g/mol. The van der Waals surface area contributed by atoms with E-state index < -0.39 is 0 Å². The number of hydrogen-bond donors (Lipinski definition) is 1. The average Bonchev–Trinajstić information content (AvgIpc) is 1.68. The van der Waals surface area contributed by atoms with E-state index in [1.807, 2.05) is 6.92 Å².